The van der Waals surface area contributed by atoms with Gasteiger partial charge >= 0.3 is 0 Å². The summed E-state index contributed by atoms with van der Waals surface area (Å²) in [5.41, 5.74) is 0. The van der Waals surface area contributed by atoms with E-state index in [1.165, 1.54) is 6.33 Å². The molecule has 14 heavy (non-hydrogen) atoms. The SMILES string of the molecule is CCCCS(=O)(=O)NCc1ncn[nH]1. The van der Waals surface area contributed by atoms with Crippen LogP contribution in [0.25, 0.3) is 0 Å². The van der Waals surface area contributed by atoms with Gasteiger partial charge in [-0.3, -0.25) is 5.10 Å². The van der Waals surface area contributed by atoms with Crippen molar-refractivity contribution >= 4 is 10.0 Å². The number of hydrogen-bond acceptors (Lipinski definition) is 4. The fourth-order valence-electron chi connectivity index (χ4n) is 0.901. The molecule has 0 unspecified atom stereocenters. The fraction of sp³-hybridized carbons (Fsp3) is 0.714. The third-order valence-electron chi connectivity index (χ3n) is 1.69. The molecule has 7 heteroatoms. The van der Waals surface area contributed by atoms with Gasteiger partial charge in [0.2, 0.25) is 10.0 Å². The molecular weight excluding hydrogens is 204 g/mol. The van der Waals surface area contributed by atoms with Gasteiger partial charge in [0, 0.05) is 0 Å². The summed E-state index contributed by atoms with van der Waals surface area (Å²) in [6.07, 6.45) is 2.88. The summed E-state index contributed by atoms with van der Waals surface area (Å²) in [6, 6.07) is 0. The minimum absolute atomic E-state index is 0.164. The summed E-state index contributed by atoms with van der Waals surface area (Å²) in [4.78, 5) is 3.81. The lowest BCUT2D eigenvalue weighted by Gasteiger charge is -2.03. The maximum atomic E-state index is 11.3. The highest BCUT2D eigenvalue weighted by atomic mass is 32.2. The van der Waals surface area contributed by atoms with Crippen LogP contribution in [0.4, 0.5) is 0 Å². The van der Waals surface area contributed by atoms with Crippen LogP contribution in [0.1, 0.15) is 25.6 Å². The molecule has 0 aliphatic rings. The summed E-state index contributed by atoms with van der Waals surface area (Å²) < 4.78 is 25.1. The van der Waals surface area contributed by atoms with Gasteiger partial charge in [0.15, 0.2) is 0 Å². The van der Waals surface area contributed by atoms with Crippen LogP contribution in [-0.2, 0) is 16.6 Å². The molecule has 1 rings (SSSR count). The minimum Gasteiger partial charge on any atom is -0.262 e. The van der Waals surface area contributed by atoms with E-state index in [1.807, 2.05) is 6.92 Å². The van der Waals surface area contributed by atoms with Gasteiger partial charge in [0.1, 0.15) is 12.2 Å². The molecule has 1 aromatic rings. The molecule has 0 bridgehead atoms. The third-order valence-corrected chi connectivity index (χ3v) is 3.10. The second-order valence-electron chi connectivity index (χ2n) is 2.93. The molecule has 1 aromatic heterocycles. The van der Waals surface area contributed by atoms with E-state index in [9.17, 15) is 8.42 Å². The van der Waals surface area contributed by atoms with Gasteiger partial charge in [-0.15, -0.1) is 0 Å². The zero-order valence-corrected chi connectivity index (χ0v) is 8.84. The van der Waals surface area contributed by atoms with Crippen molar-refractivity contribution in [2.24, 2.45) is 0 Å². The Balaban J connectivity index is 2.37. The number of aromatic nitrogens is 3. The summed E-state index contributed by atoms with van der Waals surface area (Å²) in [5, 5.41) is 6.19. The molecule has 0 aliphatic heterocycles. The van der Waals surface area contributed by atoms with Crippen molar-refractivity contribution in [3.05, 3.63) is 12.2 Å². The predicted octanol–water partition coefficient (Wildman–Crippen LogP) is 0.0242. The van der Waals surface area contributed by atoms with E-state index in [0.29, 0.717) is 12.2 Å². The van der Waals surface area contributed by atoms with Crippen LogP contribution >= 0.6 is 0 Å². The first-order valence-corrected chi connectivity index (χ1v) is 6.11. The first kappa shape index (κ1) is 11.1. The van der Waals surface area contributed by atoms with Crippen LogP contribution in [0.3, 0.4) is 0 Å². The van der Waals surface area contributed by atoms with Crippen molar-refractivity contribution in [1.29, 1.82) is 0 Å². The van der Waals surface area contributed by atoms with E-state index in [-0.39, 0.29) is 12.3 Å². The van der Waals surface area contributed by atoms with Crippen molar-refractivity contribution in [2.45, 2.75) is 26.3 Å². The minimum atomic E-state index is -3.16. The Morgan fingerprint density at radius 2 is 2.36 bits per heavy atom. The highest BCUT2D eigenvalue weighted by Crippen LogP contribution is 1.94. The zero-order valence-electron chi connectivity index (χ0n) is 8.02. The smallest absolute Gasteiger partial charge is 0.212 e. The summed E-state index contributed by atoms with van der Waals surface area (Å²) in [5.74, 6) is 0.683. The van der Waals surface area contributed by atoms with Gasteiger partial charge in [-0.1, -0.05) is 13.3 Å². The highest BCUT2D eigenvalue weighted by Gasteiger charge is 2.09. The lowest BCUT2D eigenvalue weighted by atomic mass is 10.4. The number of nitrogens with zero attached hydrogens (tertiary/aromatic N) is 2. The maximum absolute atomic E-state index is 11.3. The lowest BCUT2D eigenvalue weighted by molar-refractivity contribution is 0.576. The molecule has 6 nitrogen and oxygen atoms in total. The summed E-state index contributed by atoms with van der Waals surface area (Å²) >= 11 is 0. The van der Waals surface area contributed by atoms with Gasteiger partial charge in [-0.05, 0) is 6.42 Å². The first-order chi connectivity index (χ1) is 6.64. The maximum Gasteiger partial charge on any atom is 0.212 e. The van der Waals surface area contributed by atoms with E-state index >= 15 is 0 Å². The molecule has 0 amide bonds. The normalized spacial score (nSPS) is 11.8. The van der Waals surface area contributed by atoms with E-state index < -0.39 is 10.0 Å². The Labute approximate surface area is 83.2 Å². The van der Waals surface area contributed by atoms with Crippen molar-refractivity contribution in [2.75, 3.05) is 5.75 Å². The second kappa shape index (κ2) is 5.06. The van der Waals surface area contributed by atoms with Crippen LogP contribution in [0.2, 0.25) is 0 Å². The molecule has 1 heterocycles. The molecule has 0 fully saturated rings. The van der Waals surface area contributed by atoms with E-state index in [4.69, 9.17) is 0 Å². The summed E-state index contributed by atoms with van der Waals surface area (Å²) in [6.45, 7) is 2.12. The number of hydrogen-bond donors (Lipinski definition) is 2. The molecule has 0 saturated heterocycles. The molecule has 80 valence electrons. The van der Waals surface area contributed by atoms with Gasteiger partial charge in [-0.25, -0.2) is 18.1 Å². The number of H-pyrrole nitrogens is 1. The quantitative estimate of drug-likeness (QED) is 0.704. The van der Waals surface area contributed by atoms with Crippen LogP contribution in [0.5, 0.6) is 0 Å². The molecule has 0 spiro atoms. The van der Waals surface area contributed by atoms with Gasteiger partial charge in [0.25, 0.3) is 0 Å². The largest absolute Gasteiger partial charge is 0.262 e. The fourth-order valence-corrected chi connectivity index (χ4v) is 2.07. The van der Waals surface area contributed by atoms with E-state index in [1.54, 1.807) is 0 Å². The second-order valence-corrected chi connectivity index (χ2v) is 4.85. The van der Waals surface area contributed by atoms with Gasteiger partial charge < -0.3 is 0 Å². The monoisotopic (exact) mass is 218 g/mol. The number of rotatable bonds is 6. The number of unbranched alkanes of at least 4 members (excludes halogenated alkanes) is 1. The van der Waals surface area contributed by atoms with Crippen LogP contribution in [-0.4, -0.2) is 29.4 Å². The molecule has 0 atom stereocenters. The molecule has 0 saturated carbocycles. The zero-order chi connectivity index (χ0) is 10.4. The average molecular weight is 218 g/mol. The van der Waals surface area contributed by atoms with Crippen molar-refractivity contribution in [3.63, 3.8) is 0 Å². The first-order valence-electron chi connectivity index (χ1n) is 4.45. The topological polar surface area (TPSA) is 87.7 Å². The highest BCUT2D eigenvalue weighted by molar-refractivity contribution is 7.89. The van der Waals surface area contributed by atoms with Crippen LogP contribution in [0.15, 0.2) is 6.33 Å². The molecule has 2 N–H and O–H groups in total. The van der Waals surface area contributed by atoms with E-state index in [2.05, 4.69) is 19.9 Å². The van der Waals surface area contributed by atoms with E-state index in [0.717, 1.165) is 6.42 Å². The Hall–Kier alpha value is -0.950. The lowest BCUT2D eigenvalue weighted by Crippen LogP contribution is -2.26. The van der Waals surface area contributed by atoms with Gasteiger partial charge in [0.05, 0.1) is 12.3 Å². The third kappa shape index (κ3) is 3.84. The van der Waals surface area contributed by atoms with Crippen molar-refractivity contribution < 1.29 is 8.42 Å². The van der Waals surface area contributed by atoms with Crippen LogP contribution in [0, 0.1) is 0 Å². The van der Waals surface area contributed by atoms with Crippen molar-refractivity contribution in [3.8, 4) is 0 Å². The van der Waals surface area contributed by atoms with Crippen LogP contribution < -0.4 is 4.72 Å². The Kier molecular flexibility index (Phi) is 4.02. The standard InChI is InChI=1S/C7H14N4O2S/c1-2-3-4-14(12,13)10-5-7-8-6-9-11-7/h6,10H,2-5H2,1H3,(H,8,9,11). The van der Waals surface area contributed by atoms with Gasteiger partial charge in [-0.2, -0.15) is 5.10 Å². The number of aromatic amines is 1. The molecule has 0 aromatic carbocycles. The predicted molar refractivity (Wildman–Crippen MR) is 51.9 cm³/mol. The Morgan fingerprint density at radius 1 is 1.57 bits per heavy atom. The Bertz CT molecular complexity index is 346. The molecule has 0 radical (unpaired) electrons. The number of sulfonamides is 1. The molecule has 0 aliphatic carbocycles. The molecular formula is C7H14N4O2S. The summed E-state index contributed by atoms with van der Waals surface area (Å²) in [7, 11) is -3.16. The number of nitrogens with one attached hydrogen (secondary N) is 2. The Morgan fingerprint density at radius 3 is 2.93 bits per heavy atom. The average Bonchev–Trinajstić information content (AvgIpc) is 2.64. The van der Waals surface area contributed by atoms with Crippen molar-refractivity contribution in [1.82, 2.24) is 19.9 Å².